The first-order valence-electron chi connectivity index (χ1n) is 10.6. The van der Waals surface area contributed by atoms with Crippen LogP contribution in [0.15, 0.2) is 36.7 Å². The summed E-state index contributed by atoms with van der Waals surface area (Å²) in [6.07, 6.45) is 5.31. The van der Waals surface area contributed by atoms with Crippen molar-refractivity contribution < 1.29 is 13.9 Å². The van der Waals surface area contributed by atoms with Crippen LogP contribution < -0.4 is 15.4 Å². The van der Waals surface area contributed by atoms with Crippen molar-refractivity contribution in [3.8, 4) is 5.75 Å². The van der Waals surface area contributed by atoms with E-state index in [1.807, 2.05) is 6.92 Å². The molecule has 31 heavy (non-hydrogen) atoms. The standard InChI is InChI=1S/C22H25FN6O2/c1-14-17-10-15(23)4-5-19(17)31-16(13-28-7-2-3-8-28)11-24-22(30)18-12-25-29-9-6-20(26-14)27-21(18)29/h4-6,9-10,12,14,16H,2-3,7-8,11,13H2,1H3,(H,24,30)(H,26,27)/t14-,16?/m1/s1. The summed E-state index contributed by atoms with van der Waals surface area (Å²) in [6, 6.07) is 6.06. The van der Waals surface area contributed by atoms with Gasteiger partial charge >= 0.3 is 0 Å². The number of hydrogen-bond acceptors (Lipinski definition) is 6. The summed E-state index contributed by atoms with van der Waals surface area (Å²) in [5, 5.41) is 10.5. The van der Waals surface area contributed by atoms with E-state index in [1.165, 1.54) is 18.3 Å². The van der Waals surface area contributed by atoms with E-state index in [-0.39, 0.29) is 23.9 Å². The van der Waals surface area contributed by atoms with E-state index < -0.39 is 0 Å². The number of nitrogens with zero attached hydrogens (tertiary/aromatic N) is 4. The zero-order valence-electron chi connectivity index (χ0n) is 17.3. The first-order valence-corrected chi connectivity index (χ1v) is 10.6. The molecule has 5 rings (SSSR count). The summed E-state index contributed by atoms with van der Waals surface area (Å²) >= 11 is 0. The minimum Gasteiger partial charge on any atom is -0.487 e. The molecule has 0 radical (unpaired) electrons. The minimum absolute atomic E-state index is 0.249. The maximum Gasteiger partial charge on any atom is 0.256 e. The molecule has 0 spiro atoms. The number of carbonyl (C=O) groups is 1. The second-order valence-corrected chi connectivity index (χ2v) is 8.14. The number of amides is 1. The number of aromatic nitrogens is 3. The molecule has 2 aliphatic heterocycles. The molecule has 1 unspecified atom stereocenters. The fourth-order valence-corrected chi connectivity index (χ4v) is 4.25. The van der Waals surface area contributed by atoms with Gasteiger partial charge in [0.2, 0.25) is 0 Å². The Kier molecular flexibility index (Phi) is 5.19. The third-order valence-electron chi connectivity index (χ3n) is 5.86. The van der Waals surface area contributed by atoms with Gasteiger partial charge in [-0.3, -0.25) is 9.69 Å². The zero-order chi connectivity index (χ0) is 21.4. The Morgan fingerprint density at radius 3 is 2.94 bits per heavy atom. The van der Waals surface area contributed by atoms with Crippen LogP contribution in [0, 0.1) is 5.82 Å². The number of ether oxygens (including phenoxy) is 1. The second-order valence-electron chi connectivity index (χ2n) is 8.14. The Hall–Kier alpha value is -3.20. The third-order valence-corrected chi connectivity index (χ3v) is 5.86. The van der Waals surface area contributed by atoms with Gasteiger partial charge in [-0.1, -0.05) is 0 Å². The Morgan fingerprint density at radius 1 is 1.26 bits per heavy atom. The van der Waals surface area contributed by atoms with Gasteiger partial charge < -0.3 is 15.4 Å². The molecular weight excluding hydrogens is 399 g/mol. The van der Waals surface area contributed by atoms with Crippen LogP contribution in [0.1, 0.15) is 41.7 Å². The van der Waals surface area contributed by atoms with E-state index in [0.717, 1.165) is 25.9 Å². The monoisotopic (exact) mass is 424 g/mol. The maximum absolute atomic E-state index is 14.1. The smallest absolute Gasteiger partial charge is 0.256 e. The lowest BCUT2D eigenvalue weighted by Crippen LogP contribution is -2.42. The largest absolute Gasteiger partial charge is 0.487 e. The third kappa shape index (κ3) is 4.05. The molecule has 162 valence electrons. The first-order chi connectivity index (χ1) is 15.1. The maximum atomic E-state index is 14.1. The van der Waals surface area contributed by atoms with Crippen LogP contribution in [0.4, 0.5) is 10.2 Å². The molecule has 0 saturated carbocycles. The van der Waals surface area contributed by atoms with Crippen molar-refractivity contribution in [1.29, 1.82) is 0 Å². The van der Waals surface area contributed by atoms with Gasteiger partial charge in [-0.25, -0.2) is 13.9 Å². The van der Waals surface area contributed by atoms with Crippen LogP contribution in [0.25, 0.3) is 5.65 Å². The predicted octanol–water partition coefficient (Wildman–Crippen LogP) is 2.63. The highest BCUT2D eigenvalue weighted by Crippen LogP contribution is 2.30. The molecule has 1 amide bonds. The second kappa shape index (κ2) is 8.14. The number of carbonyl (C=O) groups excluding carboxylic acids is 1. The van der Waals surface area contributed by atoms with Crippen LogP contribution in [-0.2, 0) is 0 Å². The van der Waals surface area contributed by atoms with Crippen LogP contribution in [0.5, 0.6) is 5.75 Å². The van der Waals surface area contributed by atoms with Crippen molar-refractivity contribution in [2.24, 2.45) is 0 Å². The predicted molar refractivity (Wildman–Crippen MR) is 114 cm³/mol. The molecule has 1 aromatic carbocycles. The number of hydrogen-bond donors (Lipinski definition) is 2. The lowest BCUT2D eigenvalue weighted by atomic mass is 10.1. The normalized spacial score (nSPS) is 22.1. The van der Waals surface area contributed by atoms with Crippen molar-refractivity contribution >= 4 is 17.4 Å². The Bertz CT molecular complexity index is 1110. The highest BCUT2D eigenvalue weighted by atomic mass is 19.1. The molecule has 1 fully saturated rings. The summed E-state index contributed by atoms with van der Waals surface area (Å²) in [5.74, 6) is 0.591. The van der Waals surface area contributed by atoms with E-state index in [4.69, 9.17) is 4.74 Å². The van der Waals surface area contributed by atoms with E-state index in [1.54, 1.807) is 22.8 Å². The summed E-state index contributed by atoms with van der Waals surface area (Å²) in [4.78, 5) is 19.8. The molecule has 1 saturated heterocycles. The number of halogens is 1. The van der Waals surface area contributed by atoms with Crippen LogP contribution in [0.3, 0.4) is 0 Å². The molecule has 9 heteroatoms. The summed E-state index contributed by atoms with van der Waals surface area (Å²) in [7, 11) is 0. The zero-order valence-corrected chi connectivity index (χ0v) is 17.3. The lowest BCUT2D eigenvalue weighted by molar-refractivity contribution is 0.0908. The van der Waals surface area contributed by atoms with Crippen molar-refractivity contribution in [3.63, 3.8) is 0 Å². The highest BCUT2D eigenvalue weighted by molar-refractivity contribution is 5.99. The Morgan fingerprint density at radius 2 is 2.10 bits per heavy atom. The molecule has 2 aromatic heterocycles. The van der Waals surface area contributed by atoms with Gasteiger partial charge in [0.25, 0.3) is 5.91 Å². The average molecular weight is 424 g/mol. The number of anilines is 1. The molecule has 2 aliphatic rings. The van der Waals surface area contributed by atoms with E-state index >= 15 is 0 Å². The number of nitrogens with one attached hydrogen (secondary N) is 2. The van der Waals surface area contributed by atoms with Gasteiger partial charge in [-0.2, -0.15) is 5.10 Å². The lowest BCUT2D eigenvalue weighted by Gasteiger charge is -2.27. The topological polar surface area (TPSA) is 83.8 Å². The van der Waals surface area contributed by atoms with Crippen LogP contribution in [0.2, 0.25) is 0 Å². The van der Waals surface area contributed by atoms with Gasteiger partial charge in [0, 0.05) is 18.3 Å². The molecular formula is C22H25FN6O2. The average Bonchev–Trinajstić information content (AvgIpc) is 3.42. The van der Waals surface area contributed by atoms with Crippen molar-refractivity contribution in [2.45, 2.75) is 31.9 Å². The summed E-state index contributed by atoms with van der Waals surface area (Å²) < 4.78 is 22.0. The molecule has 2 bridgehead atoms. The summed E-state index contributed by atoms with van der Waals surface area (Å²) in [6.45, 7) is 4.98. The number of fused-ring (bicyclic) bond motifs is 2. The van der Waals surface area contributed by atoms with E-state index in [9.17, 15) is 9.18 Å². The van der Waals surface area contributed by atoms with Gasteiger partial charge in [-0.15, -0.1) is 0 Å². The Balaban J connectivity index is 1.54. The molecule has 2 N–H and O–H groups in total. The highest BCUT2D eigenvalue weighted by Gasteiger charge is 2.24. The fraction of sp³-hybridized carbons (Fsp3) is 0.409. The van der Waals surface area contributed by atoms with Crippen molar-refractivity contribution in [1.82, 2.24) is 24.8 Å². The van der Waals surface area contributed by atoms with Crippen molar-refractivity contribution in [2.75, 3.05) is 31.5 Å². The van der Waals surface area contributed by atoms with E-state index in [2.05, 4.69) is 25.6 Å². The van der Waals surface area contributed by atoms with Crippen LogP contribution >= 0.6 is 0 Å². The van der Waals surface area contributed by atoms with Crippen LogP contribution in [-0.4, -0.2) is 57.7 Å². The molecule has 4 heterocycles. The van der Waals surface area contributed by atoms with Gasteiger partial charge in [0.15, 0.2) is 5.65 Å². The van der Waals surface area contributed by atoms with Gasteiger partial charge in [-0.05, 0) is 57.1 Å². The minimum atomic E-state index is -0.328. The van der Waals surface area contributed by atoms with Crippen molar-refractivity contribution in [3.05, 3.63) is 53.6 Å². The Labute approximate surface area is 179 Å². The van der Waals surface area contributed by atoms with E-state index in [0.29, 0.717) is 41.4 Å². The molecule has 0 aliphatic carbocycles. The summed E-state index contributed by atoms with van der Waals surface area (Å²) in [5.41, 5.74) is 1.57. The SMILES string of the molecule is C[C@H]1Nc2ccn3ncc(c3n2)C(=O)NCC(CN2CCCC2)Oc2ccc(F)cc21. The van der Waals surface area contributed by atoms with Gasteiger partial charge in [0.05, 0.1) is 18.8 Å². The number of benzene rings is 1. The number of rotatable bonds is 2. The fourth-order valence-electron chi connectivity index (χ4n) is 4.25. The molecule has 3 aromatic rings. The van der Waals surface area contributed by atoms with Gasteiger partial charge in [0.1, 0.15) is 29.1 Å². The number of likely N-dealkylation sites (tertiary alicyclic amines) is 1. The quantitative estimate of drug-likeness (QED) is 0.658. The molecule has 8 nitrogen and oxygen atoms in total. The molecule has 2 atom stereocenters. The first kappa shape index (κ1) is 19.7.